The van der Waals surface area contributed by atoms with E-state index in [1.807, 2.05) is 13.8 Å². The lowest BCUT2D eigenvalue weighted by Gasteiger charge is -2.45. The Morgan fingerprint density at radius 3 is 2.35 bits per heavy atom. The summed E-state index contributed by atoms with van der Waals surface area (Å²) < 4.78 is 31.7. The number of ether oxygens (including phenoxy) is 1. The summed E-state index contributed by atoms with van der Waals surface area (Å²) in [7, 11) is -3.67. The second kappa shape index (κ2) is 7.47. The minimum Gasteiger partial charge on any atom is -0.484 e. The van der Waals surface area contributed by atoms with Crippen molar-refractivity contribution in [1.82, 2.24) is 4.90 Å². The molecule has 0 amide bonds. The lowest BCUT2D eigenvalue weighted by Crippen LogP contribution is -2.53. The molecule has 0 unspecified atom stereocenters. The Hall–Kier alpha value is -1.75. The van der Waals surface area contributed by atoms with Crippen molar-refractivity contribution in [2.75, 3.05) is 19.3 Å². The SMILES string of the molecule is CC1(C)Oc2cc([N+](=O)[O-])ccc2[C@@H](N2CCCC2)[C@@H]1O.CS(=O)(=O)O. The molecule has 1 saturated heterocycles. The molecular formula is C16H24N2O7S. The maximum atomic E-state index is 10.9. The van der Waals surface area contributed by atoms with Crippen LogP contribution in [0.25, 0.3) is 0 Å². The molecule has 1 aromatic carbocycles. The Morgan fingerprint density at radius 2 is 1.85 bits per heavy atom. The van der Waals surface area contributed by atoms with Crippen LogP contribution in [0.3, 0.4) is 0 Å². The van der Waals surface area contributed by atoms with Crippen LogP contribution in [0, 0.1) is 10.1 Å². The first-order valence-corrected chi connectivity index (χ1v) is 10.1. The van der Waals surface area contributed by atoms with Gasteiger partial charge in [-0.25, -0.2) is 0 Å². The number of fused-ring (bicyclic) bond motifs is 1. The van der Waals surface area contributed by atoms with E-state index in [0.717, 1.165) is 31.5 Å². The van der Waals surface area contributed by atoms with Gasteiger partial charge >= 0.3 is 0 Å². The molecule has 3 rings (SSSR count). The summed E-state index contributed by atoms with van der Waals surface area (Å²) in [6, 6.07) is 4.50. The van der Waals surface area contributed by atoms with Gasteiger partial charge in [-0.05, 0) is 45.8 Å². The molecule has 2 atom stereocenters. The van der Waals surface area contributed by atoms with Crippen LogP contribution >= 0.6 is 0 Å². The summed E-state index contributed by atoms with van der Waals surface area (Å²) >= 11 is 0. The van der Waals surface area contributed by atoms with Crippen molar-refractivity contribution in [1.29, 1.82) is 0 Å². The number of aliphatic hydroxyl groups is 1. The van der Waals surface area contributed by atoms with Crippen LogP contribution in [0.4, 0.5) is 5.69 Å². The normalized spacial score (nSPS) is 24.8. The Morgan fingerprint density at radius 1 is 1.31 bits per heavy atom. The average molecular weight is 388 g/mol. The van der Waals surface area contributed by atoms with E-state index >= 15 is 0 Å². The summed E-state index contributed by atoms with van der Waals surface area (Å²) in [5, 5.41) is 21.6. The number of hydrogen-bond donors (Lipinski definition) is 2. The fourth-order valence-corrected chi connectivity index (χ4v) is 3.28. The second-order valence-corrected chi connectivity index (χ2v) is 8.52. The first-order chi connectivity index (χ1) is 11.9. The predicted molar refractivity (Wildman–Crippen MR) is 94.8 cm³/mol. The minimum absolute atomic E-state index is 0.0149. The van der Waals surface area contributed by atoms with Crippen LogP contribution in [0.2, 0.25) is 0 Å². The number of likely N-dealkylation sites (tertiary alicyclic amines) is 1. The highest BCUT2D eigenvalue weighted by atomic mass is 32.2. The zero-order valence-corrected chi connectivity index (χ0v) is 15.8. The Bertz CT molecular complexity index is 765. The van der Waals surface area contributed by atoms with E-state index in [0.29, 0.717) is 12.0 Å². The number of benzene rings is 1. The third-order valence-electron chi connectivity index (χ3n) is 4.45. The summed E-state index contributed by atoms with van der Waals surface area (Å²) in [4.78, 5) is 12.8. The maximum absolute atomic E-state index is 10.9. The lowest BCUT2D eigenvalue weighted by atomic mass is 9.85. The zero-order chi connectivity index (χ0) is 19.7. The van der Waals surface area contributed by atoms with Crippen molar-refractivity contribution in [3.05, 3.63) is 33.9 Å². The van der Waals surface area contributed by atoms with Crippen molar-refractivity contribution >= 4 is 15.8 Å². The third kappa shape index (κ3) is 4.91. The van der Waals surface area contributed by atoms with Gasteiger partial charge in [0.2, 0.25) is 0 Å². The first-order valence-electron chi connectivity index (χ1n) is 8.22. The Balaban J connectivity index is 0.000000431. The summed E-state index contributed by atoms with van der Waals surface area (Å²) in [5.41, 5.74) is 0.0885. The summed E-state index contributed by atoms with van der Waals surface area (Å²) in [6.07, 6.45) is 2.29. The Kier molecular flexibility index (Phi) is 5.91. The number of nitro groups is 1. The van der Waals surface area contributed by atoms with Crippen LogP contribution in [-0.2, 0) is 10.1 Å². The topological polar surface area (TPSA) is 130 Å². The minimum atomic E-state index is -3.67. The zero-order valence-electron chi connectivity index (χ0n) is 15.0. The van der Waals surface area contributed by atoms with Crippen LogP contribution in [0.1, 0.15) is 38.3 Å². The van der Waals surface area contributed by atoms with E-state index in [9.17, 15) is 23.6 Å². The van der Waals surface area contributed by atoms with E-state index in [1.54, 1.807) is 6.07 Å². The predicted octanol–water partition coefficient (Wildman–Crippen LogP) is 1.77. The van der Waals surface area contributed by atoms with Gasteiger partial charge in [0.05, 0.1) is 23.3 Å². The van der Waals surface area contributed by atoms with E-state index in [4.69, 9.17) is 9.29 Å². The van der Waals surface area contributed by atoms with Crippen molar-refractivity contribution < 1.29 is 27.7 Å². The Labute approximate surface area is 152 Å². The molecule has 2 aliphatic heterocycles. The molecular weight excluding hydrogens is 364 g/mol. The van der Waals surface area contributed by atoms with Crippen molar-refractivity contribution in [2.24, 2.45) is 0 Å². The molecule has 0 bridgehead atoms. The molecule has 9 nitrogen and oxygen atoms in total. The molecule has 146 valence electrons. The number of aliphatic hydroxyl groups excluding tert-OH is 1. The van der Waals surface area contributed by atoms with E-state index in [2.05, 4.69) is 4.90 Å². The number of nitro benzene ring substituents is 1. The number of nitrogens with zero attached hydrogens (tertiary/aromatic N) is 2. The highest BCUT2D eigenvalue weighted by Crippen LogP contribution is 2.44. The molecule has 0 radical (unpaired) electrons. The van der Waals surface area contributed by atoms with Gasteiger partial charge in [0.25, 0.3) is 15.8 Å². The number of hydrogen-bond acceptors (Lipinski definition) is 7. The molecule has 26 heavy (non-hydrogen) atoms. The summed E-state index contributed by atoms with van der Waals surface area (Å²) in [5.74, 6) is 0.511. The van der Waals surface area contributed by atoms with Gasteiger partial charge in [-0.1, -0.05) is 0 Å². The molecule has 2 heterocycles. The lowest BCUT2D eigenvalue weighted by molar-refractivity contribution is -0.385. The first kappa shape index (κ1) is 20.6. The molecule has 2 aliphatic rings. The average Bonchev–Trinajstić information content (AvgIpc) is 2.99. The van der Waals surface area contributed by atoms with Gasteiger partial charge in [-0.2, -0.15) is 8.42 Å². The molecule has 2 N–H and O–H groups in total. The molecule has 0 aromatic heterocycles. The van der Waals surface area contributed by atoms with E-state index in [1.165, 1.54) is 12.1 Å². The van der Waals surface area contributed by atoms with Crippen LogP contribution in [-0.4, -0.2) is 59.0 Å². The molecule has 1 aromatic rings. The molecule has 1 fully saturated rings. The van der Waals surface area contributed by atoms with Crippen LogP contribution in [0.5, 0.6) is 5.75 Å². The molecule has 0 spiro atoms. The van der Waals surface area contributed by atoms with Gasteiger partial charge in [-0.3, -0.25) is 19.6 Å². The van der Waals surface area contributed by atoms with Gasteiger partial charge < -0.3 is 9.84 Å². The van der Waals surface area contributed by atoms with Crippen molar-refractivity contribution in [3.63, 3.8) is 0 Å². The molecule has 0 aliphatic carbocycles. The van der Waals surface area contributed by atoms with Gasteiger partial charge in [0.1, 0.15) is 17.5 Å². The van der Waals surface area contributed by atoms with E-state index < -0.39 is 26.7 Å². The second-order valence-electron chi connectivity index (χ2n) is 7.05. The number of non-ortho nitro benzene ring substituents is 1. The van der Waals surface area contributed by atoms with Gasteiger partial charge in [0, 0.05) is 11.6 Å². The van der Waals surface area contributed by atoms with Crippen LogP contribution in [0.15, 0.2) is 18.2 Å². The van der Waals surface area contributed by atoms with E-state index in [-0.39, 0.29) is 11.7 Å². The monoisotopic (exact) mass is 388 g/mol. The highest BCUT2D eigenvalue weighted by molar-refractivity contribution is 7.85. The maximum Gasteiger partial charge on any atom is 0.273 e. The fourth-order valence-electron chi connectivity index (χ4n) is 3.28. The van der Waals surface area contributed by atoms with Crippen LogP contribution < -0.4 is 4.74 Å². The molecule has 10 heteroatoms. The third-order valence-corrected chi connectivity index (χ3v) is 4.45. The molecule has 0 saturated carbocycles. The quantitative estimate of drug-likeness (QED) is 0.445. The summed E-state index contributed by atoms with van der Waals surface area (Å²) in [6.45, 7) is 5.52. The number of rotatable bonds is 2. The fraction of sp³-hybridized carbons (Fsp3) is 0.625. The van der Waals surface area contributed by atoms with Gasteiger partial charge in [0.15, 0.2) is 0 Å². The van der Waals surface area contributed by atoms with Gasteiger partial charge in [-0.15, -0.1) is 0 Å². The smallest absolute Gasteiger partial charge is 0.273 e. The highest BCUT2D eigenvalue weighted by Gasteiger charge is 2.46. The standard InChI is InChI=1S/C15H20N2O4.CH4O3S/c1-15(2)14(18)13(16-7-3-4-8-16)11-6-5-10(17(19)20)9-12(11)21-15;1-5(2,3)4/h5-6,9,13-14,18H,3-4,7-8H2,1-2H3;1H3,(H,2,3,4)/t13-,14+;/m1./s1. The van der Waals surface area contributed by atoms with Crippen molar-refractivity contribution in [2.45, 2.75) is 44.4 Å². The van der Waals surface area contributed by atoms with Crippen molar-refractivity contribution in [3.8, 4) is 5.75 Å². The largest absolute Gasteiger partial charge is 0.484 e.